The van der Waals surface area contributed by atoms with Gasteiger partial charge in [-0.25, -0.2) is 0 Å². The first-order valence-corrected chi connectivity index (χ1v) is 7.00. The van der Waals surface area contributed by atoms with E-state index in [1.165, 1.54) is 43.2 Å². The van der Waals surface area contributed by atoms with E-state index in [4.69, 9.17) is 5.73 Å². The molecule has 0 saturated heterocycles. The van der Waals surface area contributed by atoms with Crippen molar-refractivity contribution in [1.82, 2.24) is 0 Å². The van der Waals surface area contributed by atoms with Gasteiger partial charge < -0.3 is 5.73 Å². The maximum atomic E-state index is 6.13. The first kappa shape index (κ1) is 12.6. The molecule has 2 unspecified atom stereocenters. The van der Waals surface area contributed by atoms with Crippen LogP contribution < -0.4 is 5.73 Å². The molecule has 1 heteroatoms. The number of aryl methyl sites for hydroxylation is 1. The van der Waals surface area contributed by atoms with Gasteiger partial charge in [0.1, 0.15) is 0 Å². The van der Waals surface area contributed by atoms with E-state index >= 15 is 0 Å². The number of hydrogen-bond acceptors (Lipinski definition) is 1. The van der Waals surface area contributed by atoms with Crippen LogP contribution in [0.1, 0.15) is 50.7 Å². The lowest BCUT2D eigenvalue weighted by Crippen LogP contribution is -2.34. The smallest absolute Gasteiger partial charge is 0.00839 e. The van der Waals surface area contributed by atoms with Crippen molar-refractivity contribution in [3.8, 4) is 0 Å². The third-order valence-electron chi connectivity index (χ3n) is 4.37. The van der Waals surface area contributed by atoms with E-state index in [0.29, 0.717) is 0 Å². The lowest BCUT2D eigenvalue weighted by Gasteiger charge is -2.32. The Kier molecular flexibility index (Phi) is 3.88. The summed E-state index contributed by atoms with van der Waals surface area (Å²) in [4.78, 5) is 0. The second-order valence-electron chi connectivity index (χ2n) is 5.74. The van der Waals surface area contributed by atoms with Gasteiger partial charge in [-0.2, -0.15) is 0 Å². The van der Waals surface area contributed by atoms with E-state index in [-0.39, 0.29) is 5.41 Å². The third kappa shape index (κ3) is 2.40. The molecule has 94 valence electrons. The molecule has 0 radical (unpaired) electrons. The van der Waals surface area contributed by atoms with Gasteiger partial charge in [-0.05, 0) is 36.3 Å². The first-order chi connectivity index (χ1) is 8.22. The Morgan fingerprint density at radius 1 is 1.35 bits per heavy atom. The molecule has 0 amide bonds. The highest BCUT2D eigenvalue weighted by atomic mass is 14.6. The molecule has 0 bridgehead atoms. The third-order valence-corrected chi connectivity index (χ3v) is 4.37. The van der Waals surface area contributed by atoms with E-state index in [9.17, 15) is 0 Å². The monoisotopic (exact) mass is 231 g/mol. The van der Waals surface area contributed by atoms with Gasteiger partial charge in [0, 0.05) is 12.0 Å². The fourth-order valence-corrected chi connectivity index (χ4v) is 3.53. The molecule has 0 saturated carbocycles. The fraction of sp³-hybridized carbons (Fsp3) is 0.625. The molecule has 1 aromatic rings. The van der Waals surface area contributed by atoms with Gasteiger partial charge in [-0.1, -0.05) is 51.0 Å². The molecule has 0 aromatic heterocycles. The van der Waals surface area contributed by atoms with E-state index < -0.39 is 0 Å². The second-order valence-corrected chi connectivity index (χ2v) is 5.74. The largest absolute Gasteiger partial charge is 0.330 e. The maximum absolute atomic E-state index is 6.13. The summed E-state index contributed by atoms with van der Waals surface area (Å²) < 4.78 is 0. The summed E-state index contributed by atoms with van der Waals surface area (Å²) in [5.41, 5.74) is 9.46. The quantitative estimate of drug-likeness (QED) is 0.822. The Morgan fingerprint density at radius 3 is 2.82 bits per heavy atom. The average molecular weight is 231 g/mol. The van der Waals surface area contributed by atoms with Gasteiger partial charge in [-0.15, -0.1) is 0 Å². The number of hydrogen-bond donors (Lipinski definition) is 1. The SMILES string of the molecule is CCCC(C)CC1(CN)CCc2ccccc21. The van der Waals surface area contributed by atoms with E-state index in [2.05, 4.69) is 38.1 Å². The van der Waals surface area contributed by atoms with Crippen molar-refractivity contribution < 1.29 is 0 Å². The molecule has 1 aromatic carbocycles. The number of fused-ring (bicyclic) bond motifs is 1. The lowest BCUT2D eigenvalue weighted by atomic mass is 9.74. The van der Waals surface area contributed by atoms with Gasteiger partial charge in [0.2, 0.25) is 0 Å². The van der Waals surface area contributed by atoms with Crippen molar-refractivity contribution in [2.75, 3.05) is 6.54 Å². The van der Waals surface area contributed by atoms with Crippen LogP contribution in [0.25, 0.3) is 0 Å². The summed E-state index contributed by atoms with van der Waals surface area (Å²) in [6, 6.07) is 8.89. The van der Waals surface area contributed by atoms with Crippen molar-refractivity contribution in [3.63, 3.8) is 0 Å². The molecule has 1 aliphatic carbocycles. The van der Waals surface area contributed by atoms with E-state index in [0.717, 1.165) is 12.5 Å². The van der Waals surface area contributed by atoms with E-state index in [1.807, 2.05) is 0 Å². The highest BCUT2D eigenvalue weighted by molar-refractivity contribution is 5.39. The molecule has 2 rings (SSSR count). The minimum atomic E-state index is 0.269. The Hall–Kier alpha value is -0.820. The summed E-state index contributed by atoms with van der Waals surface area (Å²) in [6.07, 6.45) is 6.32. The summed E-state index contributed by atoms with van der Waals surface area (Å²) in [6.45, 7) is 5.45. The molecule has 0 heterocycles. The van der Waals surface area contributed by atoms with Crippen LogP contribution in [0.4, 0.5) is 0 Å². The fourth-order valence-electron chi connectivity index (χ4n) is 3.53. The van der Waals surface area contributed by atoms with Gasteiger partial charge in [0.05, 0.1) is 0 Å². The average Bonchev–Trinajstić information content (AvgIpc) is 2.70. The Labute approximate surface area is 105 Å². The van der Waals surface area contributed by atoms with Gasteiger partial charge in [0.25, 0.3) is 0 Å². The predicted molar refractivity (Wildman–Crippen MR) is 74.2 cm³/mol. The minimum absolute atomic E-state index is 0.269. The van der Waals surface area contributed by atoms with Crippen LogP contribution in [-0.4, -0.2) is 6.54 Å². The minimum Gasteiger partial charge on any atom is -0.330 e. The van der Waals surface area contributed by atoms with Crippen LogP contribution in [-0.2, 0) is 11.8 Å². The normalized spacial score (nSPS) is 24.6. The lowest BCUT2D eigenvalue weighted by molar-refractivity contribution is 0.319. The zero-order chi connectivity index (χ0) is 12.3. The summed E-state index contributed by atoms with van der Waals surface area (Å²) >= 11 is 0. The molecule has 0 fully saturated rings. The van der Waals surface area contributed by atoms with Crippen LogP contribution in [0.15, 0.2) is 24.3 Å². The van der Waals surface area contributed by atoms with Crippen molar-refractivity contribution in [2.45, 2.75) is 51.4 Å². The van der Waals surface area contributed by atoms with Crippen molar-refractivity contribution in [2.24, 2.45) is 11.7 Å². The number of benzene rings is 1. The number of rotatable bonds is 5. The Balaban J connectivity index is 2.22. The molecule has 1 aliphatic rings. The van der Waals surface area contributed by atoms with Crippen LogP contribution >= 0.6 is 0 Å². The molecular formula is C16H25N. The molecule has 0 spiro atoms. The molecular weight excluding hydrogens is 206 g/mol. The summed E-state index contributed by atoms with van der Waals surface area (Å²) in [5.74, 6) is 0.787. The van der Waals surface area contributed by atoms with E-state index in [1.54, 1.807) is 0 Å². The molecule has 2 atom stereocenters. The van der Waals surface area contributed by atoms with Crippen LogP contribution in [0.5, 0.6) is 0 Å². The predicted octanol–water partition coefficient (Wildman–Crippen LogP) is 3.66. The maximum Gasteiger partial charge on any atom is 0.00839 e. The van der Waals surface area contributed by atoms with Crippen LogP contribution in [0.2, 0.25) is 0 Å². The van der Waals surface area contributed by atoms with Crippen LogP contribution in [0.3, 0.4) is 0 Å². The summed E-state index contributed by atoms with van der Waals surface area (Å²) in [5, 5.41) is 0. The summed E-state index contributed by atoms with van der Waals surface area (Å²) in [7, 11) is 0. The van der Waals surface area contributed by atoms with Crippen molar-refractivity contribution >= 4 is 0 Å². The highest BCUT2D eigenvalue weighted by Gasteiger charge is 2.37. The topological polar surface area (TPSA) is 26.0 Å². The highest BCUT2D eigenvalue weighted by Crippen LogP contribution is 2.43. The first-order valence-electron chi connectivity index (χ1n) is 7.00. The standard InChI is InChI=1S/C16H25N/c1-3-6-13(2)11-16(12-17)10-9-14-7-4-5-8-15(14)16/h4-5,7-8,13H,3,6,9-12,17H2,1-2H3. The van der Waals surface area contributed by atoms with Crippen molar-refractivity contribution in [1.29, 1.82) is 0 Å². The molecule has 17 heavy (non-hydrogen) atoms. The van der Waals surface area contributed by atoms with Crippen molar-refractivity contribution in [3.05, 3.63) is 35.4 Å². The zero-order valence-electron chi connectivity index (χ0n) is 11.2. The molecule has 1 nitrogen and oxygen atoms in total. The van der Waals surface area contributed by atoms with Gasteiger partial charge >= 0.3 is 0 Å². The Bertz CT molecular complexity index is 372. The molecule has 2 N–H and O–H groups in total. The van der Waals surface area contributed by atoms with Gasteiger partial charge in [-0.3, -0.25) is 0 Å². The second kappa shape index (κ2) is 5.22. The van der Waals surface area contributed by atoms with Gasteiger partial charge in [0.15, 0.2) is 0 Å². The number of nitrogens with two attached hydrogens (primary N) is 1. The Morgan fingerprint density at radius 2 is 2.12 bits per heavy atom. The molecule has 0 aliphatic heterocycles. The zero-order valence-corrected chi connectivity index (χ0v) is 11.2. The van der Waals surface area contributed by atoms with Crippen LogP contribution in [0, 0.1) is 5.92 Å².